The number of nitrogens with one attached hydrogen (secondary N) is 1. The maximum atomic E-state index is 12.8. The van der Waals surface area contributed by atoms with Crippen molar-refractivity contribution >= 4 is 5.91 Å². The van der Waals surface area contributed by atoms with E-state index in [1.807, 2.05) is 62.2 Å². The fourth-order valence-corrected chi connectivity index (χ4v) is 3.40. The lowest BCUT2D eigenvalue weighted by Gasteiger charge is -2.36. The largest absolute Gasteiger partial charge is 0.494 e. The van der Waals surface area contributed by atoms with Crippen LogP contribution in [-0.4, -0.2) is 65.1 Å². The highest BCUT2D eigenvalue weighted by molar-refractivity contribution is 5.78. The first-order valence-electron chi connectivity index (χ1n) is 9.46. The minimum absolute atomic E-state index is 0.113. The molecule has 0 radical (unpaired) electrons. The third-order valence-corrected chi connectivity index (χ3v) is 4.93. The van der Waals surface area contributed by atoms with E-state index in [0.717, 1.165) is 36.8 Å². The predicted molar refractivity (Wildman–Crippen MR) is 104 cm³/mol. The van der Waals surface area contributed by atoms with Crippen molar-refractivity contribution in [3.63, 3.8) is 0 Å². The van der Waals surface area contributed by atoms with E-state index < -0.39 is 0 Å². The summed E-state index contributed by atoms with van der Waals surface area (Å²) in [6.07, 6.45) is 3.75. The van der Waals surface area contributed by atoms with E-state index in [-0.39, 0.29) is 11.9 Å². The van der Waals surface area contributed by atoms with Crippen LogP contribution in [0.3, 0.4) is 0 Å². The number of ether oxygens (including phenoxy) is 1. The second kappa shape index (κ2) is 9.01. The van der Waals surface area contributed by atoms with Crippen LogP contribution in [0.5, 0.6) is 5.75 Å². The molecule has 7 nitrogen and oxygen atoms in total. The Bertz CT molecular complexity index is 743. The Morgan fingerprint density at radius 1 is 1.37 bits per heavy atom. The van der Waals surface area contributed by atoms with Crippen LogP contribution < -0.4 is 10.1 Å². The molecule has 1 amide bonds. The highest BCUT2D eigenvalue weighted by atomic mass is 16.5. The first kappa shape index (κ1) is 19.4. The Hall–Kier alpha value is -2.38. The van der Waals surface area contributed by atoms with Crippen molar-refractivity contribution in [2.45, 2.75) is 19.5 Å². The molecule has 1 aliphatic rings. The average Bonchev–Trinajstić information content (AvgIpc) is 3.09. The molecule has 0 saturated carbocycles. The maximum Gasteiger partial charge on any atom is 0.236 e. The van der Waals surface area contributed by atoms with Crippen LogP contribution >= 0.6 is 0 Å². The Morgan fingerprint density at radius 3 is 2.81 bits per heavy atom. The van der Waals surface area contributed by atoms with Crippen LogP contribution in [0.2, 0.25) is 0 Å². The van der Waals surface area contributed by atoms with E-state index in [1.54, 1.807) is 4.90 Å². The zero-order chi connectivity index (χ0) is 19.2. The van der Waals surface area contributed by atoms with Crippen molar-refractivity contribution in [2.24, 2.45) is 7.05 Å². The first-order valence-corrected chi connectivity index (χ1v) is 9.46. The number of piperazine rings is 1. The van der Waals surface area contributed by atoms with Crippen molar-refractivity contribution in [1.29, 1.82) is 0 Å². The van der Waals surface area contributed by atoms with Crippen LogP contribution in [0, 0.1) is 0 Å². The lowest BCUT2D eigenvalue weighted by atomic mass is 10.1. The second-order valence-corrected chi connectivity index (χ2v) is 6.91. The van der Waals surface area contributed by atoms with Crippen LogP contribution in [-0.2, 0) is 18.4 Å². The number of amides is 1. The third kappa shape index (κ3) is 4.87. The van der Waals surface area contributed by atoms with Crippen molar-refractivity contribution in [3.8, 4) is 5.75 Å². The Morgan fingerprint density at radius 2 is 2.15 bits per heavy atom. The van der Waals surface area contributed by atoms with Gasteiger partial charge in [0.1, 0.15) is 11.6 Å². The zero-order valence-corrected chi connectivity index (χ0v) is 16.4. The molecular weight excluding hydrogens is 342 g/mol. The molecule has 146 valence electrons. The maximum absolute atomic E-state index is 12.8. The van der Waals surface area contributed by atoms with Gasteiger partial charge in [0.15, 0.2) is 0 Å². The molecule has 1 saturated heterocycles. The van der Waals surface area contributed by atoms with Gasteiger partial charge in [0, 0.05) is 52.7 Å². The molecule has 7 heteroatoms. The predicted octanol–water partition coefficient (Wildman–Crippen LogP) is 1.42. The molecule has 1 aliphatic heterocycles. The van der Waals surface area contributed by atoms with E-state index in [9.17, 15) is 4.79 Å². The van der Waals surface area contributed by atoms with Gasteiger partial charge in [0.05, 0.1) is 19.2 Å². The lowest BCUT2D eigenvalue weighted by molar-refractivity contribution is -0.132. The Balaban J connectivity index is 1.60. The summed E-state index contributed by atoms with van der Waals surface area (Å²) < 4.78 is 7.50. The number of carbonyl (C=O) groups is 1. The van der Waals surface area contributed by atoms with Crippen molar-refractivity contribution in [1.82, 2.24) is 24.7 Å². The molecule has 3 rings (SSSR count). The SMILES string of the molecule is CCOc1ccc(CN(C)C(=O)CN2CCNCC2c2nccn2C)cc1. The third-order valence-electron chi connectivity index (χ3n) is 4.93. The monoisotopic (exact) mass is 371 g/mol. The van der Waals surface area contributed by atoms with E-state index in [4.69, 9.17) is 4.74 Å². The summed E-state index contributed by atoms with van der Waals surface area (Å²) >= 11 is 0. The summed E-state index contributed by atoms with van der Waals surface area (Å²) in [7, 11) is 3.85. The van der Waals surface area contributed by atoms with Gasteiger partial charge in [-0.05, 0) is 24.6 Å². The molecule has 1 aromatic carbocycles. The molecule has 27 heavy (non-hydrogen) atoms. The molecule has 0 aliphatic carbocycles. The number of benzene rings is 1. The smallest absolute Gasteiger partial charge is 0.236 e. The minimum atomic E-state index is 0.113. The summed E-state index contributed by atoms with van der Waals surface area (Å²) in [4.78, 5) is 21.3. The molecular formula is C20H29N5O2. The molecule has 1 N–H and O–H groups in total. The quantitative estimate of drug-likeness (QED) is 0.798. The normalized spacial score (nSPS) is 17.7. The van der Waals surface area contributed by atoms with Gasteiger partial charge in [-0.2, -0.15) is 0 Å². The van der Waals surface area contributed by atoms with Crippen LogP contribution in [0.1, 0.15) is 24.4 Å². The van der Waals surface area contributed by atoms with E-state index >= 15 is 0 Å². The second-order valence-electron chi connectivity index (χ2n) is 6.91. The van der Waals surface area contributed by atoms with Crippen molar-refractivity contribution < 1.29 is 9.53 Å². The molecule has 2 aromatic rings. The highest BCUT2D eigenvalue weighted by Crippen LogP contribution is 2.20. The van der Waals surface area contributed by atoms with E-state index in [2.05, 4.69) is 15.2 Å². The summed E-state index contributed by atoms with van der Waals surface area (Å²) in [5.41, 5.74) is 1.09. The van der Waals surface area contributed by atoms with Crippen molar-refractivity contribution in [3.05, 3.63) is 48.0 Å². The van der Waals surface area contributed by atoms with Crippen LogP contribution in [0.25, 0.3) is 0 Å². The minimum Gasteiger partial charge on any atom is -0.494 e. The van der Waals surface area contributed by atoms with Gasteiger partial charge in [-0.25, -0.2) is 4.98 Å². The number of hydrogen-bond donors (Lipinski definition) is 1. The summed E-state index contributed by atoms with van der Waals surface area (Å²) in [6.45, 7) is 6.13. The van der Waals surface area contributed by atoms with Crippen LogP contribution in [0.15, 0.2) is 36.7 Å². The molecule has 1 atom stereocenters. The molecule has 1 unspecified atom stereocenters. The number of nitrogens with zero attached hydrogens (tertiary/aromatic N) is 4. The number of rotatable bonds is 7. The molecule has 0 bridgehead atoms. The fourth-order valence-electron chi connectivity index (χ4n) is 3.40. The number of aryl methyl sites for hydroxylation is 1. The Labute approximate surface area is 160 Å². The van der Waals surface area contributed by atoms with Crippen molar-refractivity contribution in [2.75, 3.05) is 39.8 Å². The van der Waals surface area contributed by atoms with Gasteiger partial charge in [0.25, 0.3) is 0 Å². The number of aromatic nitrogens is 2. The van der Waals surface area contributed by atoms with E-state index in [0.29, 0.717) is 19.7 Å². The summed E-state index contributed by atoms with van der Waals surface area (Å²) in [6, 6.07) is 8.03. The first-order chi connectivity index (χ1) is 13.1. The molecule has 2 heterocycles. The number of hydrogen-bond acceptors (Lipinski definition) is 5. The summed E-state index contributed by atoms with van der Waals surface area (Å²) in [5.74, 6) is 1.96. The lowest BCUT2D eigenvalue weighted by Crippen LogP contribution is -2.50. The molecule has 1 aromatic heterocycles. The van der Waals surface area contributed by atoms with Crippen LogP contribution in [0.4, 0.5) is 0 Å². The highest BCUT2D eigenvalue weighted by Gasteiger charge is 2.28. The van der Waals surface area contributed by atoms with Gasteiger partial charge in [-0.15, -0.1) is 0 Å². The van der Waals surface area contributed by atoms with Gasteiger partial charge in [-0.1, -0.05) is 12.1 Å². The molecule has 0 spiro atoms. The number of carbonyl (C=O) groups excluding carboxylic acids is 1. The fraction of sp³-hybridized carbons (Fsp3) is 0.500. The topological polar surface area (TPSA) is 62.6 Å². The molecule has 1 fully saturated rings. The van der Waals surface area contributed by atoms with Gasteiger partial charge in [0.2, 0.25) is 5.91 Å². The number of imidazole rings is 1. The van der Waals surface area contributed by atoms with Gasteiger partial charge >= 0.3 is 0 Å². The average molecular weight is 371 g/mol. The van der Waals surface area contributed by atoms with E-state index in [1.165, 1.54) is 0 Å². The number of likely N-dealkylation sites (N-methyl/N-ethyl adjacent to an activating group) is 1. The van der Waals surface area contributed by atoms with Gasteiger partial charge in [-0.3, -0.25) is 9.69 Å². The van der Waals surface area contributed by atoms with Gasteiger partial charge < -0.3 is 19.5 Å². The Kier molecular flexibility index (Phi) is 6.47. The summed E-state index contributed by atoms with van der Waals surface area (Å²) in [5, 5.41) is 3.41. The zero-order valence-electron chi connectivity index (χ0n) is 16.4. The standard InChI is InChI=1S/C20H29N5O2/c1-4-27-17-7-5-16(6-8-17)14-24(3)19(26)15-25-12-9-21-13-18(25)20-22-10-11-23(20)2/h5-8,10-11,18,21H,4,9,12-15H2,1-3H3.